The predicted octanol–water partition coefficient (Wildman–Crippen LogP) is 2.56. The molecule has 1 aromatic carbocycles. The van der Waals surface area contributed by atoms with Crippen LogP contribution in [0.5, 0.6) is 0 Å². The lowest BCUT2D eigenvalue weighted by Crippen LogP contribution is -2.38. The number of aryl methyl sites for hydroxylation is 1. The molecule has 23 heavy (non-hydrogen) atoms. The van der Waals surface area contributed by atoms with E-state index in [9.17, 15) is 4.79 Å². The maximum atomic E-state index is 12.4. The standard InChI is InChI=1S/C17H21ClN4O/c1-12-16(17(23)20-10-13-3-2-8-19-9-13)11-22(21-12)15-6-4-14(18)5-7-15/h4-7,11,13,19H,2-3,8-10H2,1H3,(H,20,23). The minimum atomic E-state index is -0.0618. The van der Waals surface area contributed by atoms with E-state index in [-0.39, 0.29) is 5.91 Å². The SMILES string of the molecule is Cc1nn(-c2ccc(Cl)cc2)cc1C(=O)NCC1CCCNC1. The first-order valence-corrected chi connectivity index (χ1v) is 8.32. The minimum Gasteiger partial charge on any atom is -0.352 e. The van der Waals surface area contributed by atoms with Gasteiger partial charge in [0.1, 0.15) is 0 Å². The lowest BCUT2D eigenvalue weighted by molar-refractivity contribution is 0.0944. The van der Waals surface area contributed by atoms with Crippen molar-refractivity contribution in [3.8, 4) is 5.69 Å². The Bertz CT molecular complexity index is 674. The molecule has 1 saturated heterocycles. The molecule has 2 N–H and O–H groups in total. The molecule has 3 rings (SSSR count). The molecule has 0 bridgehead atoms. The molecular formula is C17H21ClN4O. The number of halogens is 1. The Morgan fingerprint density at radius 2 is 2.22 bits per heavy atom. The molecular weight excluding hydrogens is 312 g/mol. The molecule has 122 valence electrons. The first-order valence-electron chi connectivity index (χ1n) is 7.94. The summed E-state index contributed by atoms with van der Waals surface area (Å²) in [5.41, 5.74) is 2.22. The van der Waals surface area contributed by atoms with Crippen molar-refractivity contribution in [2.24, 2.45) is 5.92 Å². The number of piperidine rings is 1. The van der Waals surface area contributed by atoms with Crippen molar-refractivity contribution in [3.05, 3.63) is 46.7 Å². The molecule has 2 heterocycles. The number of carbonyl (C=O) groups excluding carboxylic acids is 1. The van der Waals surface area contributed by atoms with Gasteiger partial charge >= 0.3 is 0 Å². The Hall–Kier alpha value is -1.85. The highest BCUT2D eigenvalue weighted by Crippen LogP contribution is 2.15. The van der Waals surface area contributed by atoms with Gasteiger partial charge in [0.2, 0.25) is 0 Å². The molecule has 2 aromatic rings. The summed E-state index contributed by atoms with van der Waals surface area (Å²) >= 11 is 5.90. The summed E-state index contributed by atoms with van der Waals surface area (Å²) in [6.07, 6.45) is 4.11. The van der Waals surface area contributed by atoms with E-state index in [1.54, 1.807) is 10.9 Å². The van der Waals surface area contributed by atoms with E-state index in [4.69, 9.17) is 11.6 Å². The second kappa shape index (κ2) is 7.15. The van der Waals surface area contributed by atoms with E-state index in [2.05, 4.69) is 15.7 Å². The summed E-state index contributed by atoms with van der Waals surface area (Å²) in [7, 11) is 0. The van der Waals surface area contributed by atoms with E-state index in [0.717, 1.165) is 30.9 Å². The molecule has 0 saturated carbocycles. The third kappa shape index (κ3) is 3.92. The van der Waals surface area contributed by atoms with Crippen LogP contribution in [-0.2, 0) is 0 Å². The highest BCUT2D eigenvalue weighted by Gasteiger charge is 2.17. The average molecular weight is 333 g/mol. The van der Waals surface area contributed by atoms with Gasteiger partial charge in [-0.3, -0.25) is 4.79 Å². The zero-order chi connectivity index (χ0) is 16.2. The summed E-state index contributed by atoms with van der Waals surface area (Å²) in [5.74, 6) is 0.451. The lowest BCUT2D eigenvalue weighted by Gasteiger charge is -2.22. The Morgan fingerprint density at radius 1 is 1.43 bits per heavy atom. The predicted molar refractivity (Wildman–Crippen MR) is 91.2 cm³/mol. The molecule has 0 spiro atoms. The van der Waals surface area contributed by atoms with Gasteiger partial charge < -0.3 is 10.6 Å². The maximum Gasteiger partial charge on any atom is 0.254 e. The summed E-state index contributed by atoms with van der Waals surface area (Å²) in [6.45, 7) is 4.61. The van der Waals surface area contributed by atoms with Crippen LogP contribution < -0.4 is 10.6 Å². The van der Waals surface area contributed by atoms with Crippen LogP contribution in [0.1, 0.15) is 28.9 Å². The number of nitrogens with zero attached hydrogens (tertiary/aromatic N) is 2. The monoisotopic (exact) mass is 332 g/mol. The first-order chi connectivity index (χ1) is 11.1. The summed E-state index contributed by atoms with van der Waals surface area (Å²) in [5, 5.41) is 11.5. The third-order valence-corrected chi connectivity index (χ3v) is 4.44. The Morgan fingerprint density at radius 3 is 2.91 bits per heavy atom. The largest absolute Gasteiger partial charge is 0.352 e. The fraction of sp³-hybridized carbons (Fsp3) is 0.412. The van der Waals surface area contributed by atoms with Crippen molar-refractivity contribution < 1.29 is 4.79 Å². The molecule has 1 aliphatic rings. The van der Waals surface area contributed by atoms with Gasteiger partial charge in [-0.05, 0) is 63.0 Å². The van der Waals surface area contributed by atoms with Crippen molar-refractivity contribution in [1.29, 1.82) is 0 Å². The van der Waals surface area contributed by atoms with Gasteiger partial charge in [0.25, 0.3) is 5.91 Å². The molecule has 1 amide bonds. The van der Waals surface area contributed by atoms with Crippen LogP contribution in [0.2, 0.25) is 5.02 Å². The van der Waals surface area contributed by atoms with E-state index >= 15 is 0 Å². The zero-order valence-corrected chi connectivity index (χ0v) is 13.9. The molecule has 1 unspecified atom stereocenters. The molecule has 1 aromatic heterocycles. The number of benzene rings is 1. The van der Waals surface area contributed by atoms with Gasteiger partial charge in [0, 0.05) is 17.8 Å². The normalized spacial score (nSPS) is 17.9. The zero-order valence-electron chi connectivity index (χ0n) is 13.2. The molecule has 1 fully saturated rings. The van der Waals surface area contributed by atoms with Gasteiger partial charge in [0.15, 0.2) is 0 Å². The fourth-order valence-electron chi connectivity index (χ4n) is 2.84. The van der Waals surface area contributed by atoms with Crippen LogP contribution in [0.25, 0.3) is 5.69 Å². The van der Waals surface area contributed by atoms with E-state index < -0.39 is 0 Å². The van der Waals surface area contributed by atoms with Crippen molar-refractivity contribution in [2.75, 3.05) is 19.6 Å². The van der Waals surface area contributed by atoms with Gasteiger partial charge in [-0.1, -0.05) is 11.6 Å². The highest BCUT2D eigenvalue weighted by molar-refractivity contribution is 6.30. The van der Waals surface area contributed by atoms with Crippen molar-refractivity contribution in [2.45, 2.75) is 19.8 Å². The van der Waals surface area contributed by atoms with Crippen LogP contribution in [0.4, 0.5) is 0 Å². The second-order valence-corrected chi connectivity index (χ2v) is 6.41. The van der Waals surface area contributed by atoms with Gasteiger partial charge in [-0.2, -0.15) is 5.10 Å². The average Bonchev–Trinajstić information content (AvgIpc) is 2.96. The first kappa shape index (κ1) is 16.0. The van der Waals surface area contributed by atoms with Crippen LogP contribution in [0.3, 0.4) is 0 Å². The van der Waals surface area contributed by atoms with Crippen LogP contribution in [0.15, 0.2) is 30.5 Å². The number of carbonyl (C=O) groups is 1. The molecule has 0 aliphatic carbocycles. The lowest BCUT2D eigenvalue weighted by atomic mass is 10.00. The quantitative estimate of drug-likeness (QED) is 0.904. The van der Waals surface area contributed by atoms with Crippen LogP contribution in [0, 0.1) is 12.8 Å². The van der Waals surface area contributed by atoms with Gasteiger partial charge in [-0.15, -0.1) is 0 Å². The number of aromatic nitrogens is 2. The number of hydrogen-bond acceptors (Lipinski definition) is 3. The van der Waals surface area contributed by atoms with E-state index in [1.165, 1.54) is 6.42 Å². The van der Waals surface area contributed by atoms with Crippen LogP contribution >= 0.6 is 11.6 Å². The summed E-state index contributed by atoms with van der Waals surface area (Å²) < 4.78 is 1.71. The van der Waals surface area contributed by atoms with Crippen molar-refractivity contribution in [1.82, 2.24) is 20.4 Å². The maximum absolute atomic E-state index is 12.4. The molecule has 6 heteroatoms. The van der Waals surface area contributed by atoms with Crippen molar-refractivity contribution in [3.63, 3.8) is 0 Å². The Balaban J connectivity index is 1.67. The van der Waals surface area contributed by atoms with Gasteiger partial charge in [-0.25, -0.2) is 4.68 Å². The Kier molecular flexibility index (Phi) is 4.98. The molecule has 0 radical (unpaired) electrons. The second-order valence-electron chi connectivity index (χ2n) is 5.97. The fourth-order valence-corrected chi connectivity index (χ4v) is 2.97. The van der Waals surface area contributed by atoms with Gasteiger partial charge in [0.05, 0.1) is 16.9 Å². The highest BCUT2D eigenvalue weighted by atomic mass is 35.5. The third-order valence-electron chi connectivity index (χ3n) is 4.18. The number of nitrogens with one attached hydrogen (secondary N) is 2. The van der Waals surface area contributed by atoms with Crippen molar-refractivity contribution >= 4 is 17.5 Å². The number of hydrogen-bond donors (Lipinski definition) is 2. The molecule has 1 aliphatic heterocycles. The topological polar surface area (TPSA) is 59.0 Å². The van der Waals surface area contributed by atoms with E-state index in [0.29, 0.717) is 23.0 Å². The molecule has 1 atom stereocenters. The Labute approximate surface area is 141 Å². The smallest absolute Gasteiger partial charge is 0.254 e. The number of amides is 1. The summed E-state index contributed by atoms with van der Waals surface area (Å²) in [6, 6.07) is 7.38. The van der Waals surface area contributed by atoms with Crippen LogP contribution in [-0.4, -0.2) is 35.3 Å². The van der Waals surface area contributed by atoms with E-state index in [1.807, 2.05) is 31.2 Å². The number of rotatable bonds is 4. The molecule has 5 nitrogen and oxygen atoms in total. The minimum absolute atomic E-state index is 0.0618. The summed E-state index contributed by atoms with van der Waals surface area (Å²) in [4.78, 5) is 12.4.